The second kappa shape index (κ2) is 5.48. The van der Waals surface area contributed by atoms with Gasteiger partial charge in [0.15, 0.2) is 0 Å². The summed E-state index contributed by atoms with van der Waals surface area (Å²) in [6.07, 6.45) is 7.68. The summed E-state index contributed by atoms with van der Waals surface area (Å²) in [7, 11) is 0. The molecular weight excluding hydrogens is 254 g/mol. The minimum absolute atomic E-state index is 0. The molecule has 21 heavy (non-hydrogen) atoms. The minimum Gasteiger partial charge on any atom is -0.253 e. The molecule has 1 heteroatoms. The number of benzene rings is 2. The lowest BCUT2D eigenvalue weighted by Gasteiger charge is -2.17. The van der Waals surface area contributed by atoms with Crippen molar-refractivity contribution >= 4 is 11.4 Å². The van der Waals surface area contributed by atoms with Gasteiger partial charge in [0.05, 0.1) is 5.69 Å². The zero-order valence-electron chi connectivity index (χ0n) is 12.4. The SMILES string of the molecule is [HH].c1cc(C2=Nc3ccccc3CC2)cc(C2CCCC2)c1. The van der Waals surface area contributed by atoms with E-state index in [0.29, 0.717) is 0 Å². The average Bonchev–Trinajstić information content (AvgIpc) is 3.09. The molecule has 0 amide bonds. The largest absolute Gasteiger partial charge is 0.253 e. The van der Waals surface area contributed by atoms with Crippen LogP contribution in [-0.4, -0.2) is 5.71 Å². The molecule has 1 fully saturated rings. The Kier molecular flexibility index (Phi) is 3.34. The van der Waals surface area contributed by atoms with Crippen LogP contribution in [0.5, 0.6) is 0 Å². The third kappa shape index (κ3) is 2.53. The molecule has 1 saturated carbocycles. The van der Waals surface area contributed by atoms with Crippen LogP contribution in [0.3, 0.4) is 0 Å². The number of hydrogen-bond acceptors (Lipinski definition) is 1. The molecule has 0 N–H and O–H groups in total. The van der Waals surface area contributed by atoms with E-state index in [0.717, 1.165) is 24.4 Å². The van der Waals surface area contributed by atoms with Crippen molar-refractivity contribution in [2.24, 2.45) is 4.99 Å². The van der Waals surface area contributed by atoms with Gasteiger partial charge in [-0.2, -0.15) is 0 Å². The van der Waals surface area contributed by atoms with Gasteiger partial charge < -0.3 is 0 Å². The second-order valence-electron chi connectivity index (χ2n) is 6.29. The number of aryl methyl sites for hydroxylation is 1. The van der Waals surface area contributed by atoms with Crippen LogP contribution >= 0.6 is 0 Å². The molecule has 2 aromatic rings. The Morgan fingerprint density at radius 3 is 2.67 bits per heavy atom. The van der Waals surface area contributed by atoms with Crippen LogP contribution < -0.4 is 0 Å². The van der Waals surface area contributed by atoms with Crippen molar-refractivity contribution in [2.45, 2.75) is 44.4 Å². The molecule has 1 aliphatic heterocycles. The highest BCUT2D eigenvalue weighted by Crippen LogP contribution is 2.35. The molecule has 0 radical (unpaired) electrons. The van der Waals surface area contributed by atoms with E-state index in [9.17, 15) is 0 Å². The number of para-hydroxylation sites is 1. The first-order chi connectivity index (χ1) is 10.4. The van der Waals surface area contributed by atoms with Gasteiger partial charge in [-0.1, -0.05) is 49.2 Å². The van der Waals surface area contributed by atoms with Gasteiger partial charge in [-0.25, -0.2) is 0 Å². The lowest BCUT2D eigenvalue weighted by molar-refractivity contribution is 0.723. The summed E-state index contributed by atoms with van der Waals surface area (Å²) in [5.74, 6) is 0.779. The fourth-order valence-corrected chi connectivity index (χ4v) is 3.73. The number of hydrogen-bond donors (Lipinski definition) is 0. The fraction of sp³-hybridized carbons (Fsp3) is 0.350. The summed E-state index contributed by atoms with van der Waals surface area (Å²) < 4.78 is 0. The first-order valence-electron chi connectivity index (χ1n) is 8.16. The van der Waals surface area contributed by atoms with Crippen molar-refractivity contribution in [3.05, 3.63) is 65.2 Å². The standard InChI is InChI=1S/C20H21N.H2/c1-2-7-15(6-1)17-9-5-10-18(14-17)20-13-12-16-8-3-4-11-19(16)21-20;/h3-5,8-11,14-15H,1-2,6-7,12-13H2;1H. The monoisotopic (exact) mass is 277 g/mol. The summed E-state index contributed by atoms with van der Waals surface area (Å²) in [4.78, 5) is 4.90. The van der Waals surface area contributed by atoms with Gasteiger partial charge in [-0.3, -0.25) is 4.99 Å². The summed E-state index contributed by atoms with van der Waals surface area (Å²) in [6, 6.07) is 17.7. The highest BCUT2D eigenvalue weighted by atomic mass is 14.8. The van der Waals surface area contributed by atoms with Crippen molar-refractivity contribution in [2.75, 3.05) is 0 Å². The Morgan fingerprint density at radius 1 is 0.905 bits per heavy atom. The molecule has 0 atom stereocenters. The van der Waals surface area contributed by atoms with Crippen LogP contribution in [0.1, 0.15) is 56.1 Å². The zero-order valence-corrected chi connectivity index (χ0v) is 12.4. The molecule has 0 unspecified atom stereocenters. The van der Waals surface area contributed by atoms with E-state index in [4.69, 9.17) is 4.99 Å². The van der Waals surface area contributed by atoms with Gasteiger partial charge in [0.25, 0.3) is 0 Å². The minimum atomic E-state index is 0. The first kappa shape index (κ1) is 12.8. The van der Waals surface area contributed by atoms with E-state index in [2.05, 4.69) is 48.5 Å². The van der Waals surface area contributed by atoms with Crippen molar-refractivity contribution in [1.29, 1.82) is 0 Å². The van der Waals surface area contributed by atoms with Crippen LogP contribution in [0.4, 0.5) is 5.69 Å². The fourth-order valence-electron chi connectivity index (χ4n) is 3.73. The van der Waals surface area contributed by atoms with Gasteiger partial charge >= 0.3 is 0 Å². The van der Waals surface area contributed by atoms with Crippen LogP contribution in [0.2, 0.25) is 0 Å². The Balaban J connectivity index is 0.00000144. The maximum Gasteiger partial charge on any atom is 0.0665 e. The molecule has 0 spiro atoms. The third-order valence-electron chi connectivity index (χ3n) is 4.92. The van der Waals surface area contributed by atoms with E-state index in [-0.39, 0.29) is 1.43 Å². The van der Waals surface area contributed by atoms with Gasteiger partial charge in [-0.15, -0.1) is 0 Å². The Bertz CT molecular complexity index is 684. The number of rotatable bonds is 2. The molecule has 0 bridgehead atoms. The maximum absolute atomic E-state index is 4.90. The molecule has 0 saturated heterocycles. The van der Waals surface area contributed by atoms with Crippen LogP contribution in [0, 0.1) is 0 Å². The molecule has 1 aliphatic carbocycles. The molecule has 108 valence electrons. The van der Waals surface area contributed by atoms with E-state index >= 15 is 0 Å². The molecule has 2 aromatic carbocycles. The Labute approximate surface area is 128 Å². The van der Waals surface area contributed by atoms with Crippen molar-refractivity contribution in [1.82, 2.24) is 0 Å². The second-order valence-corrected chi connectivity index (χ2v) is 6.29. The topological polar surface area (TPSA) is 12.4 Å². The van der Waals surface area contributed by atoms with E-state index < -0.39 is 0 Å². The van der Waals surface area contributed by atoms with Crippen molar-refractivity contribution < 1.29 is 1.43 Å². The zero-order chi connectivity index (χ0) is 14.1. The molecule has 1 nitrogen and oxygen atoms in total. The van der Waals surface area contributed by atoms with Gasteiger partial charge in [-0.05, 0) is 60.4 Å². The van der Waals surface area contributed by atoms with Crippen LogP contribution in [-0.2, 0) is 6.42 Å². The predicted octanol–water partition coefficient (Wildman–Crippen LogP) is 5.66. The Morgan fingerprint density at radius 2 is 1.76 bits per heavy atom. The van der Waals surface area contributed by atoms with Gasteiger partial charge in [0.2, 0.25) is 0 Å². The summed E-state index contributed by atoms with van der Waals surface area (Å²) in [6.45, 7) is 0. The summed E-state index contributed by atoms with van der Waals surface area (Å²) >= 11 is 0. The summed E-state index contributed by atoms with van der Waals surface area (Å²) in [5.41, 5.74) is 6.65. The lowest BCUT2D eigenvalue weighted by atomic mass is 9.92. The number of aliphatic imine (C=N–C) groups is 1. The highest BCUT2D eigenvalue weighted by Gasteiger charge is 2.18. The van der Waals surface area contributed by atoms with E-state index in [1.807, 2.05) is 0 Å². The molecular formula is C20H23N. The van der Waals surface area contributed by atoms with Gasteiger partial charge in [0.1, 0.15) is 0 Å². The van der Waals surface area contributed by atoms with Crippen molar-refractivity contribution in [3.63, 3.8) is 0 Å². The lowest BCUT2D eigenvalue weighted by Crippen LogP contribution is -2.08. The Hall–Kier alpha value is -1.89. The first-order valence-corrected chi connectivity index (χ1v) is 8.16. The van der Waals surface area contributed by atoms with E-state index in [1.54, 1.807) is 0 Å². The quantitative estimate of drug-likeness (QED) is 0.672. The summed E-state index contributed by atoms with van der Waals surface area (Å²) in [5, 5.41) is 0. The maximum atomic E-state index is 4.90. The van der Waals surface area contributed by atoms with Crippen LogP contribution in [0.25, 0.3) is 0 Å². The molecule has 0 aromatic heterocycles. The molecule has 2 aliphatic rings. The average molecular weight is 277 g/mol. The molecule has 4 rings (SSSR count). The van der Waals surface area contributed by atoms with Crippen molar-refractivity contribution in [3.8, 4) is 0 Å². The highest BCUT2D eigenvalue weighted by molar-refractivity contribution is 6.03. The smallest absolute Gasteiger partial charge is 0.0665 e. The number of fused-ring (bicyclic) bond motifs is 1. The molecule has 1 heterocycles. The normalized spacial score (nSPS) is 18.4. The van der Waals surface area contributed by atoms with Crippen LogP contribution in [0.15, 0.2) is 53.5 Å². The van der Waals surface area contributed by atoms with Gasteiger partial charge in [0, 0.05) is 7.14 Å². The predicted molar refractivity (Wildman–Crippen MR) is 90.7 cm³/mol. The number of nitrogens with zero attached hydrogens (tertiary/aromatic N) is 1. The third-order valence-corrected chi connectivity index (χ3v) is 4.92. The van der Waals surface area contributed by atoms with E-state index in [1.165, 1.54) is 48.1 Å².